The van der Waals surface area contributed by atoms with Crippen LogP contribution < -0.4 is 19.6 Å². The van der Waals surface area contributed by atoms with Gasteiger partial charge in [0, 0.05) is 15.1 Å². The molecule has 3 aromatic rings. The summed E-state index contributed by atoms with van der Waals surface area (Å²) in [7, 11) is 2.83. The van der Waals surface area contributed by atoms with Gasteiger partial charge in [-0.2, -0.15) is 0 Å². The highest BCUT2D eigenvalue weighted by Crippen LogP contribution is 2.37. The standard InChI is InChI=1S/C24H20BrClN2O4S/c1-12-5-6-14(9-17(12)25)10-19-22(29)28-21(16-11-15(26)7-8-18(16)31-3)20(23(30)32-4)13(2)27-24(28)33-19/h5-11,21H,1-4H3/b19-10-/t21-/m1/s1. The number of esters is 1. The normalized spacial score (nSPS) is 15.8. The minimum Gasteiger partial charge on any atom is -0.496 e. The average molecular weight is 548 g/mol. The van der Waals surface area contributed by atoms with Crippen molar-refractivity contribution < 1.29 is 14.3 Å². The van der Waals surface area contributed by atoms with Crippen LogP contribution in [0.15, 0.2) is 61.9 Å². The Morgan fingerprint density at radius 3 is 2.64 bits per heavy atom. The summed E-state index contributed by atoms with van der Waals surface area (Å²) in [5, 5.41) is 0.455. The Bertz CT molecular complexity index is 1490. The number of rotatable bonds is 4. The van der Waals surface area contributed by atoms with E-state index >= 15 is 0 Å². The quantitative estimate of drug-likeness (QED) is 0.461. The predicted octanol–water partition coefficient (Wildman–Crippen LogP) is 4.14. The number of allylic oxidation sites excluding steroid dienone is 1. The maximum absolute atomic E-state index is 13.6. The van der Waals surface area contributed by atoms with E-state index in [1.54, 1.807) is 25.1 Å². The van der Waals surface area contributed by atoms with Crippen LogP contribution in [-0.2, 0) is 9.53 Å². The SMILES string of the molecule is COC(=O)C1=C(C)N=c2s/c(=C\c3ccc(C)c(Br)c3)c(=O)n2[C@@H]1c1cc(Cl)ccc1OC. The Kier molecular flexibility index (Phi) is 6.61. The minimum atomic E-state index is -0.797. The molecule has 33 heavy (non-hydrogen) atoms. The van der Waals surface area contributed by atoms with Crippen LogP contribution in [0, 0.1) is 6.92 Å². The van der Waals surface area contributed by atoms with Crippen molar-refractivity contribution in [3.63, 3.8) is 0 Å². The third-order valence-electron chi connectivity index (χ3n) is 5.41. The van der Waals surface area contributed by atoms with E-state index in [0.717, 1.165) is 15.6 Å². The van der Waals surface area contributed by atoms with Gasteiger partial charge in [0.1, 0.15) is 11.8 Å². The Morgan fingerprint density at radius 2 is 1.97 bits per heavy atom. The van der Waals surface area contributed by atoms with Crippen LogP contribution in [0.25, 0.3) is 6.08 Å². The summed E-state index contributed by atoms with van der Waals surface area (Å²) in [6.07, 6.45) is 1.82. The second kappa shape index (κ2) is 9.29. The maximum Gasteiger partial charge on any atom is 0.338 e. The minimum absolute atomic E-state index is 0.259. The highest BCUT2D eigenvalue weighted by atomic mass is 79.9. The van der Waals surface area contributed by atoms with Gasteiger partial charge in [-0.1, -0.05) is 51.0 Å². The lowest BCUT2D eigenvalue weighted by Crippen LogP contribution is -2.40. The Hall–Kier alpha value is -2.68. The maximum atomic E-state index is 13.6. The van der Waals surface area contributed by atoms with E-state index in [4.69, 9.17) is 21.1 Å². The summed E-state index contributed by atoms with van der Waals surface area (Å²) in [6.45, 7) is 3.72. The Balaban J connectivity index is 2.02. The van der Waals surface area contributed by atoms with Crippen molar-refractivity contribution in [1.29, 1.82) is 0 Å². The second-order valence-corrected chi connectivity index (χ2v) is 9.77. The first-order valence-electron chi connectivity index (χ1n) is 9.95. The number of ether oxygens (including phenoxy) is 2. The third-order valence-corrected chi connectivity index (χ3v) is 7.48. The van der Waals surface area contributed by atoms with Crippen molar-refractivity contribution in [3.8, 4) is 5.75 Å². The topological polar surface area (TPSA) is 69.9 Å². The van der Waals surface area contributed by atoms with Crippen molar-refractivity contribution in [2.45, 2.75) is 19.9 Å². The number of methoxy groups -OCH3 is 2. The average Bonchev–Trinajstić information content (AvgIpc) is 3.09. The number of thiazole rings is 1. The van der Waals surface area contributed by atoms with Crippen molar-refractivity contribution >= 4 is 50.9 Å². The molecule has 0 unspecified atom stereocenters. The molecule has 0 amide bonds. The molecular weight excluding hydrogens is 528 g/mol. The van der Waals surface area contributed by atoms with Gasteiger partial charge in [-0.3, -0.25) is 9.36 Å². The Labute approximate surface area is 207 Å². The van der Waals surface area contributed by atoms with Crippen LogP contribution in [0.4, 0.5) is 0 Å². The third kappa shape index (κ3) is 4.30. The molecule has 0 saturated carbocycles. The Morgan fingerprint density at radius 1 is 1.21 bits per heavy atom. The zero-order chi connectivity index (χ0) is 23.9. The molecule has 1 aliphatic heterocycles. The van der Waals surface area contributed by atoms with Gasteiger partial charge in [0.25, 0.3) is 5.56 Å². The van der Waals surface area contributed by atoms with Gasteiger partial charge in [-0.25, -0.2) is 9.79 Å². The summed E-state index contributed by atoms with van der Waals surface area (Å²) in [6, 6.07) is 10.2. The number of aryl methyl sites for hydroxylation is 1. The molecule has 2 heterocycles. The van der Waals surface area contributed by atoms with E-state index in [9.17, 15) is 9.59 Å². The van der Waals surface area contributed by atoms with Crippen LogP contribution in [0.1, 0.15) is 29.7 Å². The van der Waals surface area contributed by atoms with Crippen LogP contribution >= 0.6 is 38.9 Å². The van der Waals surface area contributed by atoms with E-state index in [1.165, 1.54) is 30.1 Å². The number of benzene rings is 2. The summed E-state index contributed by atoms with van der Waals surface area (Å²) >= 11 is 11.1. The lowest BCUT2D eigenvalue weighted by molar-refractivity contribution is -0.136. The molecule has 0 N–H and O–H groups in total. The van der Waals surface area contributed by atoms with E-state index in [0.29, 0.717) is 31.4 Å². The van der Waals surface area contributed by atoms with Crippen molar-refractivity contribution in [1.82, 2.24) is 4.57 Å². The molecule has 2 aromatic carbocycles. The van der Waals surface area contributed by atoms with Crippen LogP contribution in [0.5, 0.6) is 5.75 Å². The predicted molar refractivity (Wildman–Crippen MR) is 133 cm³/mol. The molecular formula is C24H20BrClN2O4S. The van der Waals surface area contributed by atoms with Crippen LogP contribution in [-0.4, -0.2) is 24.8 Å². The number of fused-ring (bicyclic) bond motifs is 1. The molecule has 0 bridgehead atoms. The number of hydrogen-bond donors (Lipinski definition) is 0. The number of halogens is 2. The molecule has 0 saturated heterocycles. The fourth-order valence-corrected chi connectivity index (χ4v) is 5.38. The number of nitrogens with zero attached hydrogens (tertiary/aromatic N) is 2. The highest BCUT2D eigenvalue weighted by Gasteiger charge is 2.35. The molecule has 1 atom stereocenters. The molecule has 170 valence electrons. The lowest BCUT2D eigenvalue weighted by Gasteiger charge is -2.25. The summed E-state index contributed by atoms with van der Waals surface area (Å²) in [5.74, 6) is -0.0717. The van der Waals surface area contributed by atoms with Gasteiger partial charge in [0.05, 0.1) is 30.0 Å². The molecule has 6 nitrogen and oxygen atoms in total. The molecule has 9 heteroatoms. The van der Waals surface area contributed by atoms with Gasteiger partial charge in [-0.15, -0.1) is 0 Å². The highest BCUT2D eigenvalue weighted by molar-refractivity contribution is 9.10. The molecule has 0 aliphatic carbocycles. The number of aromatic nitrogens is 1. The number of hydrogen-bond acceptors (Lipinski definition) is 6. The number of carbonyl (C=O) groups is 1. The van der Waals surface area contributed by atoms with E-state index in [-0.39, 0.29) is 11.1 Å². The summed E-state index contributed by atoms with van der Waals surface area (Å²) in [4.78, 5) is 31.5. The fourth-order valence-electron chi connectivity index (χ4n) is 3.76. The van der Waals surface area contributed by atoms with Gasteiger partial charge in [-0.05, 0) is 55.3 Å². The zero-order valence-electron chi connectivity index (χ0n) is 18.3. The smallest absolute Gasteiger partial charge is 0.338 e. The molecule has 0 spiro atoms. The first kappa shape index (κ1) is 23.5. The molecule has 1 aromatic heterocycles. The largest absolute Gasteiger partial charge is 0.496 e. The van der Waals surface area contributed by atoms with Gasteiger partial charge in [0.15, 0.2) is 4.80 Å². The monoisotopic (exact) mass is 546 g/mol. The van der Waals surface area contributed by atoms with Crippen LogP contribution in [0.2, 0.25) is 5.02 Å². The summed E-state index contributed by atoms with van der Waals surface area (Å²) in [5.41, 5.74) is 3.01. The van der Waals surface area contributed by atoms with Gasteiger partial charge in [0.2, 0.25) is 0 Å². The van der Waals surface area contributed by atoms with Crippen molar-refractivity contribution in [3.05, 3.63) is 93.5 Å². The molecule has 0 fully saturated rings. The fraction of sp³-hybridized carbons (Fsp3) is 0.208. The number of carbonyl (C=O) groups excluding carboxylic acids is 1. The van der Waals surface area contributed by atoms with E-state index < -0.39 is 12.0 Å². The van der Waals surface area contributed by atoms with E-state index in [2.05, 4.69) is 20.9 Å². The van der Waals surface area contributed by atoms with E-state index in [1.807, 2.05) is 31.2 Å². The molecule has 1 aliphatic rings. The summed E-state index contributed by atoms with van der Waals surface area (Å²) < 4.78 is 13.5. The van der Waals surface area contributed by atoms with Gasteiger partial charge < -0.3 is 9.47 Å². The molecule has 4 rings (SSSR count). The van der Waals surface area contributed by atoms with Crippen molar-refractivity contribution in [2.75, 3.05) is 14.2 Å². The van der Waals surface area contributed by atoms with Gasteiger partial charge >= 0.3 is 5.97 Å². The van der Waals surface area contributed by atoms with Crippen LogP contribution in [0.3, 0.4) is 0 Å². The first-order chi connectivity index (χ1) is 15.7. The first-order valence-corrected chi connectivity index (χ1v) is 11.9. The zero-order valence-corrected chi connectivity index (χ0v) is 21.5. The second-order valence-electron chi connectivity index (χ2n) is 7.47. The van der Waals surface area contributed by atoms with Crippen molar-refractivity contribution in [2.24, 2.45) is 4.99 Å². The molecule has 0 radical (unpaired) electrons. The lowest BCUT2D eigenvalue weighted by atomic mass is 9.95.